The van der Waals surface area contributed by atoms with Gasteiger partial charge in [0.05, 0.1) is 0 Å². The molecule has 0 heterocycles. The molecule has 4 rings (SSSR count). The van der Waals surface area contributed by atoms with Crippen LogP contribution >= 0.6 is 0 Å². The van der Waals surface area contributed by atoms with Crippen LogP contribution in [0.5, 0.6) is 0 Å². The largest absolute Gasteiger partial charge is 0.0826 e. The Kier molecular flexibility index (Phi) is 2.29. The van der Waals surface area contributed by atoms with Gasteiger partial charge in [-0.3, -0.25) is 0 Å². The Morgan fingerprint density at radius 3 is 1.69 bits per heavy atom. The van der Waals surface area contributed by atoms with Gasteiger partial charge in [-0.15, -0.1) is 0 Å². The average molecular weight is 218 g/mol. The van der Waals surface area contributed by atoms with Crippen LogP contribution < -0.4 is 0 Å². The van der Waals surface area contributed by atoms with Crippen molar-refractivity contribution >= 4 is 0 Å². The van der Waals surface area contributed by atoms with E-state index in [4.69, 9.17) is 0 Å². The SMILES string of the molecule is CC(C)(C)/C=C/C12CC3CC(CC(C3)C1)C2. The lowest BCUT2D eigenvalue weighted by Crippen LogP contribution is -2.45. The smallest absolute Gasteiger partial charge is 0.0110 e. The molecule has 0 aromatic heterocycles. The van der Waals surface area contributed by atoms with Crippen LogP contribution in [0.25, 0.3) is 0 Å². The van der Waals surface area contributed by atoms with Crippen LogP contribution in [-0.2, 0) is 0 Å². The highest BCUT2D eigenvalue weighted by Crippen LogP contribution is 2.60. The van der Waals surface area contributed by atoms with E-state index < -0.39 is 0 Å². The standard InChI is InChI=1S/C16H26/c1-15(2,3)4-5-16-9-12-6-13(10-16)8-14(7-12)11-16/h4-5,12-14H,6-11H2,1-3H3/b5-4+. The van der Waals surface area contributed by atoms with Crippen LogP contribution in [0.3, 0.4) is 0 Å². The molecule has 0 spiro atoms. The Bertz CT molecular complexity index is 267. The van der Waals surface area contributed by atoms with Gasteiger partial charge in [-0.2, -0.15) is 0 Å². The zero-order chi connectivity index (χ0) is 11.4. The van der Waals surface area contributed by atoms with Gasteiger partial charge in [0.2, 0.25) is 0 Å². The average Bonchev–Trinajstić information content (AvgIpc) is 2.11. The first kappa shape index (κ1) is 10.9. The van der Waals surface area contributed by atoms with Crippen molar-refractivity contribution in [2.75, 3.05) is 0 Å². The van der Waals surface area contributed by atoms with Gasteiger partial charge < -0.3 is 0 Å². The van der Waals surface area contributed by atoms with Gasteiger partial charge >= 0.3 is 0 Å². The third kappa shape index (κ3) is 1.96. The molecule has 0 N–H and O–H groups in total. The summed E-state index contributed by atoms with van der Waals surface area (Å²) in [5.74, 6) is 3.24. The summed E-state index contributed by atoms with van der Waals surface area (Å²) in [5.41, 5.74) is 0.991. The molecule has 4 aliphatic rings. The highest BCUT2D eigenvalue weighted by atomic mass is 14.5. The second kappa shape index (κ2) is 3.37. The van der Waals surface area contributed by atoms with E-state index in [0.717, 1.165) is 17.8 Å². The lowest BCUT2D eigenvalue weighted by Gasteiger charge is -2.56. The quantitative estimate of drug-likeness (QED) is 0.554. The predicted molar refractivity (Wildman–Crippen MR) is 69.2 cm³/mol. The van der Waals surface area contributed by atoms with Crippen LogP contribution in [0.4, 0.5) is 0 Å². The first-order valence-electron chi connectivity index (χ1n) is 7.15. The van der Waals surface area contributed by atoms with Gasteiger partial charge in [-0.1, -0.05) is 32.9 Å². The molecule has 0 radical (unpaired) electrons. The first-order chi connectivity index (χ1) is 7.44. The molecule has 4 fully saturated rings. The second-order valence-corrected chi connectivity index (χ2v) is 7.98. The summed E-state index contributed by atoms with van der Waals surface area (Å²) in [6, 6.07) is 0. The number of hydrogen-bond donors (Lipinski definition) is 0. The molecule has 0 saturated heterocycles. The molecular weight excluding hydrogens is 192 g/mol. The molecule has 4 saturated carbocycles. The molecule has 0 nitrogen and oxygen atoms in total. The maximum atomic E-state index is 2.62. The molecule has 0 unspecified atom stereocenters. The summed E-state index contributed by atoms with van der Waals surface area (Å²) in [5, 5.41) is 0. The van der Waals surface area contributed by atoms with Crippen molar-refractivity contribution < 1.29 is 0 Å². The maximum absolute atomic E-state index is 2.62. The van der Waals surface area contributed by atoms with Gasteiger partial charge in [-0.25, -0.2) is 0 Å². The normalized spacial score (nSPS) is 46.8. The van der Waals surface area contributed by atoms with Gasteiger partial charge in [-0.05, 0) is 67.1 Å². The van der Waals surface area contributed by atoms with E-state index in [2.05, 4.69) is 32.9 Å². The number of allylic oxidation sites excluding steroid dienone is 2. The van der Waals surface area contributed by atoms with Crippen molar-refractivity contribution in [3.8, 4) is 0 Å². The van der Waals surface area contributed by atoms with Crippen LogP contribution in [0, 0.1) is 28.6 Å². The van der Waals surface area contributed by atoms with Crippen molar-refractivity contribution in [1.29, 1.82) is 0 Å². The van der Waals surface area contributed by atoms with E-state index in [9.17, 15) is 0 Å². The van der Waals surface area contributed by atoms with Crippen LogP contribution in [0.1, 0.15) is 59.3 Å². The first-order valence-corrected chi connectivity index (χ1v) is 7.15. The molecule has 0 amide bonds. The molecule has 16 heavy (non-hydrogen) atoms. The third-order valence-corrected chi connectivity index (χ3v) is 5.02. The van der Waals surface area contributed by atoms with Crippen molar-refractivity contribution in [2.45, 2.75) is 59.3 Å². The summed E-state index contributed by atoms with van der Waals surface area (Å²) >= 11 is 0. The zero-order valence-electron chi connectivity index (χ0n) is 11.1. The molecular formula is C16H26. The summed E-state index contributed by atoms with van der Waals surface area (Å²) in [6.07, 6.45) is 14.3. The van der Waals surface area contributed by atoms with Gasteiger partial charge in [0.25, 0.3) is 0 Å². The fourth-order valence-electron chi connectivity index (χ4n) is 4.81. The van der Waals surface area contributed by atoms with Gasteiger partial charge in [0, 0.05) is 0 Å². The monoisotopic (exact) mass is 218 g/mol. The molecule has 90 valence electrons. The zero-order valence-corrected chi connectivity index (χ0v) is 11.1. The number of hydrogen-bond acceptors (Lipinski definition) is 0. The minimum Gasteiger partial charge on any atom is -0.0826 e. The second-order valence-electron chi connectivity index (χ2n) is 7.98. The molecule has 4 aliphatic carbocycles. The van der Waals surface area contributed by atoms with E-state index in [0.29, 0.717) is 10.8 Å². The van der Waals surface area contributed by atoms with Crippen molar-refractivity contribution in [3.05, 3.63) is 12.2 Å². The topological polar surface area (TPSA) is 0 Å². The van der Waals surface area contributed by atoms with Gasteiger partial charge in [0.15, 0.2) is 0 Å². The van der Waals surface area contributed by atoms with Crippen LogP contribution in [0.15, 0.2) is 12.2 Å². The van der Waals surface area contributed by atoms with E-state index in [-0.39, 0.29) is 0 Å². The minimum atomic E-state index is 0.364. The fourth-order valence-corrected chi connectivity index (χ4v) is 4.81. The highest BCUT2D eigenvalue weighted by molar-refractivity contribution is 5.12. The Labute approximate surface area is 101 Å². The summed E-state index contributed by atoms with van der Waals surface area (Å²) in [4.78, 5) is 0. The Balaban J connectivity index is 1.81. The van der Waals surface area contributed by atoms with E-state index in [1.54, 1.807) is 19.3 Å². The number of rotatable bonds is 1. The molecule has 0 heteroatoms. The Morgan fingerprint density at radius 1 is 0.875 bits per heavy atom. The van der Waals surface area contributed by atoms with E-state index >= 15 is 0 Å². The lowest BCUT2D eigenvalue weighted by molar-refractivity contribution is -0.0241. The Morgan fingerprint density at radius 2 is 1.31 bits per heavy atom. The third-order valence-electron chi connectivity index (χ3n) is 5.02. The minimum absolute atomic E-state index is 0.364. The lowest BCUT2D eigenvalue weighted by atomic mass is 9.49. The predicted octanol–water partition coefficient (Wildman–Crippen LogP) is 4.81. The van der Waals surface area contributed by atoms with Crippen LogP contribution in [-0.4, -0.2) is 0 Å². The molecule has 0 aromatic rings. The molecule has 0 aliphatic heterocycles. The summed E-state index contributed by atoms with van der Waals surface area (Å²) < 4.78 is 0. The maximum Gasteiger partial charge on any atom is -0.0110 e. The summed E-state index contributed by atoms with van der Waals surface area (Å²) in [6.45, 7) is 6.97. The van der Waals surface area contributed by atoms with Crippen molar-refractivity contribution in [1.82, 2.24) is 0 Å². The molecule has 0 aromatic carbocycles. The molecule has 0 atom stereocenters. The fraction of sp³-hybridized carbons (Fsp3) is 0.875. The van der Waals surface area contributed by atoms with Gasteiger partial charge in [0.1, 0.15) is 0 Å². The summed E-state index contributed by atoms with van der Waals surface area (Å²) in [7, 11) is 0. The van der Waals surface area contributed by atoms with E-state index in [1.165, 1.54) is 19.3 Å². The Hall–Kier alpha value is -0.260. The highest BCUT2D eigenvalue weighted by Gasteiger charge is 2.49. The van der Waals surface area contributed by atoms with E-state index in [1.807, 2.05) is 0 Å². The van der Waals surface area contributed by atoms with Crippen LogP contribution in [0.2, 0.25) is 0 Å². The molecule has 4 bridgehead atoms. The van der Waals surface area contributed by atoms with Crippen molar-refractivity contribution in [3.63, 3.8) is 0 Å². The van der Waals surface area contributed by atoms with Crippen molar-refractivity contribution in [2.24, 2.45) is 28.6 Å².